The van der Waals surface area contributed by atoms with Crippen molar-refractivity contribution in [2.75, 3.05) is 25.6 Å². The van der Waals surface area contributed by atoms with Gasteiger partial charge in [-0.25, -0.2) is 0 Å². The number of methoxy groups -OCH3 is 1. The summed E-state index contributed by atoms with van der Waals surface area (Å²) in [7, 11) is 1.53. The van der Waals surface area contributed by atoms with Gasteiger partial charge in [-0.1, -0.05) is 56.4 Å². The zero-order chi connectivity index (χ0) is 25.9. The molecule has 3 rings (SSSR count). The predicted molar refractivity (Wildman–Crippen MR) is 141 cm³/mol. The van der Waals surface area contributed by atoms with Crippen molar-refractivity contribution in [3.05, 3.63) is 64.2 Å². The molecule has 0 radical (unpaired) electrons. The maximum atomic E-state index is 12.5. The normalized spacial score (nSPS) is 11.9. The van der Waals surface area contributed by atoms with Crippen molar-refractivity contribution < 1.29 is 19.0 Å². The fourth-order valence-electron chi connectivity index (χ4n) is 3.36. The first-order chi connectivity index (χ1) is 17.5. The Kier molecular flexibility index (Phi) is 9.83. The fourth-order valence-corrected chi connectivity index (χ4v) is 4.04. The highest BCUT2D eigenvalue weighted by Gasteiger charge is 2.14. The van der Waals surface area contributed by atoms with Crippen LogP contribution in [0.2, 0.25) is 0 Å². The molecule has 0 saturated heterocycles. The highest BCUT2D eigenvalue weighted by Crippen LogP contribution is 2.30. The van der Waals surface area contributed by atoms with Gasteiger partial charge in [-0.3, -0.25) is 10.1 Å². The summed E-state index contributed by atoms with van der Waals surface area (Å²) in [4.78, 5) is 12.5. The summed E-state index contributed by atoms with van der Waals surface area (Å²) < 4.78 is 17.3. The number of anilines is 1. The number of benzene rings is 2. The molecule has 3 aromatic rings. The zero-order valence-electron chi connectivity index (χ0n) is 20.9. The summed E-state index contributed by atoms with van der Waals surface area (Å²) in [6.07, 6.45) is 3.24. The average molecular weight is 507 g/mol. The Labute approximate surface area is 215 Å². The number of carbonyl (C=O) groups excluding carboxylic acids is 1. The number of para-hydroxylation sites is 1. The van der Waals surface area contributed by atoms with E-state index in [2.05, 4.69) is 35.4 Å². The summed E-state index contributed by atoms with van der Waals surface area (Å²) in [6, 6.07) is 15.2. The molecule has 0 aliphatic heterocycles. The van der Waals surface area contributed by atoms with Crippen LogP contribution in [0.5, 0.6) is 17.2 Å². The molecule has 1 atom stereocenters. The van der Waals surface area contributed by atoms with Crippen LogP contribution in [-0.4, -0.2) is 36.4 Å². The number of nitriles is 1. The van der Waals surface area contributed by atoms with Crippen LogP contribution in [0, 0.1) is 11.3 Å². The monoisotopic (exact) mass is 506 g/mol. The van der Waals surface area contributed by atoms with Crippen molar-refractivity contribution in [3.8, 4) is 23.3 Å². The smallest absolute Gasteiger partial charge is 0.268 e. The molecule has 0 aliphatic rings. The number of ether oxygens (including phenoxy) is 3. The van der Waals surface area contributed by atoms with Gasteiger partial charge in [-0.05, 0) is 54.2 Å². The molecule has 0 aliphatic carbocycles. The van der Waals surface area contributed by atoms with Gasteiger partial charge in [-0.2, -0.15) is 5.26 Å². The lowest BCUT2D eigenvalue weighted by molar-refractivity contribution is -0.112. The quantitative estimate of drug-likeness (QED) is 0.193. The summed E-state index contributed by atoms with van der Waals surface area (Å²) >= 11 is 1.28. The van der Waals surface area contributed by atoms with Crippen molar-refractivity contribution in [2.24, 2.45) is 0 Å². The lowest BCUT2D eigenvalue weighted by atomic mass is 9.98. The minimum absolute atomic E-state index is 0.0626. The number of nitrogens with zero attached hydrogens (tertiary/aromatic N) is 3. The van der Waals surface area contributed by atoms with Crippen LogP contribution in [0.25, 0.3) is 6.08 Å². The predicted octanol–water partition coefficient (Wildman–Crippen LogP) is 5.63. The van der Waals surface area contributed by atoms with Crippen LogP contribution < -0.4 is 19.5 Å². The van der Waals surface area contributed by atoms with Gasteiger partial charge >= 0.3 is 0 Å². The molecule has 0 spiro atoms. The minimum Gasteiger partial charge on any atom is -0.493 e. The van der Waals surface area contributed by atoms with Gasteiger partial charge in [0.2, 0.25) is 5.13 Å². The second-order valence-corrected chi connectivity index (χ2v) is 8.99. The van der Waals surface area contributed by atoms with Gasteiger partial charge in [0.15, 0.2) is 11.5 Å². The minimum atomic E-state index is -0.551. The number of aryl methyl sites for hydroxylation is 1. The van der Waals surface area contributed by atoms with E-state index in [1.165, 1.54) is 30.1 Å². The third-order valence-electron chi connectivity index (χ3n) is 5.51. The first-order valence-corrected chi connectivity index (χ1v) is 12.6. The zero-order valence-corrected chi connectivity index (χ0v) is 21.7. The SMILES string of the molecule is CCc1nnc(NC(=O)C(C#N)=Cc2ccc(OCCOc3ccccc3C(C)CC)c(OC)c2)s1. The Morgan fingerprint density at radius 3 is 2.53 bits per heavy atom. The maximum absolute atomic E-state index is 12.5. The number of amides is 1. The van der Waals surface area contributed by atoms with E-state index < -0.39 is 5.91 Å². The molecule has 1 heterocycles. The van der Waals surface area contributed by atoms with Crippen molar-refractivity contribution in [2.45, 2.75) is 39.5 Å². The molecular formula is C27H30N4O4S. The van der Waals surface area contributed by atoms with Crippen LogP contribution >= 0.6 is 11.3 Å². The van der Waals surface area contributed by atoms with Crippen molar-refractivity contribution in [3.63, 3.8) is 0 Å². The van der Waals surface area contributed by atoms with E-state index in [0.29, 0.717) is 41.3 Å². The Hall–Kier alpha value is -3.90. The first-order valence-electron chi connectivity index (χ1n) is 11.8. The number of nitrogens with one attached hydrogen (secondary N) is 1. The van der Waals surface area contributed by atoms with Crippen LogP contribution in [-0.2, 0) is 11.2 Å². The number of rotatable bonds is 12. The molecule has 9 heteroatoms. The maximum Gasteiger partial charge on any atom is 0.268 e. The second kappa shape index (κ2) is 13.3. The van der Waals surface area contributed by atoms with Crippen molar-refractivity contribution in [1.29, 1.82) is 5.26 Å². The fraction of sp³-hybridized carbons (Fsp3) is 0.333. The van der Waals surface area contributed by atoms with Crippen molar-refractivity contribution in [1.82, 2.24) is 10.2 Å². The molecule has 1 N–H and O–H groups in total. The summed E-state index contributed by atoms with van der Waals surface area (Å²) in [5.74, 6) is 1.75. The van der Waals surface area contributed by atoms with Gasteiger partial charge in [0.1, 0.15) is 35.6 Å². The average Bonchev–Trinajstić information content (AvgIpc) is 3.37. The third-order valence-corrected chi connectivity index (χ3v) is 6.50. The molecule has 0 bridgehead atoms. The number of hydrogen-bond acceptors (Lipinski definition) is 8. The second-order valence-electron chi connectivity index (χ2n) is 7.93. The summed E-state index contributed by atoms with van der Waals surface area (Å²) in [5.41, 5.74) is 1.74. The largest absolute Gasteiger partial charge is 0.493 e. The van der Waals surface area contributed by atoms with Crippen LogP contribution in [0.1, 0.15) is 49.2 Å². The van der Waals surface area contributed by atoms with Crippen LogP contribution in [0.4, 0.5) is 5.13 Å². The lowest BCUT2D eigenvalue weighted by Gasteiger charge is -2.16. The molecule has 36 heavy (non-hydrogen) atoms. The number of carbonyl (C=O) groups is 1. The Morgan fingerprint density at radius 2 is 1.86 bits per heavy atom. The van der Waals surface area contributed by atoms with E-state index in [1.54, 1.807) is 18.2 Å². The Balaban J connectivity index is 1.62. The van der Waals surface area contributed by atoms with E-state index in [0.717, 1.165) is 23.6 Å². The van der Waals surface area contributed by atoms with E-state index >= 15 is 0 Å². The molecule has 0 fully saturated rings. The van der Waals surface area contributed by atoms with Gasteiger partial charge in [0.25, 0.3) is 5.91 Å². The van der Waals surface area contributed by atoms with Gasteiger partial charge < -0.3 is 14.2 Å². The first kappa shape index (κ1) is 26.7. The molecule has 0 saturated carbocycles. The molecule has 1 amide bonds. The molecule has 8 nitrogen and oxygen atoms in total. The highest BCUT2D eigenvalue weighted by atomic mass is 32.1. The van der Waals surface area contributed by atoms with E-state index in [9.17, 15) is 10.1 Å². The van der Waals surface area contributed by atoms with E-state index in [1.807, 2.05) is 31.2 Å². The Bertz CT molecular complexity index is 1250. The van der Waals surface area contributed by atoms with Crippen LogP contribution in [0.15, 0.2) is 48.0 Å². The van der Waals surface area contributed by atoms with Gasteiger partial charge in [-0.15, -0.1) is 10.2 Å². The number of aromatic nitrogens is 2. The van der Waals surface area contributed by atoms with Crippen LogP contribution in [0.3, 0.4) is 0 Å². The molecule has 1 unspecified atom stereocenters. The topological polar surface area (TPSA) is 106 Å². The third kappa shape index (κ3) is 7.06. The van der Waals surface area contributed by atoms with Gasteiger partial charge in [0, 0.05) is 0 Å². The molecule has 188 valence electrons. The molecule has 2 aromatic carbocycles. The van der Waals surface area contributed by atoms with E-state index in [4.69, 9.17) is 14.2 Å². The summed E-state index contributed by atoms with van der Waals surface area (Å²) in [6.45, 7) is 6.99. The highest BCUT2D eigenvalue weighted by molar-refractivity contribution is 7.15. The Morgan fingerprint density at radius 1 is 1.11 bits per heavy atom. The standard InChI is InChI=1S/C27H30N4O4S/c1-5-18(3)21-9-7-8-10-22(21)34-13-14-35-23-12-11-19(16-24(23)33-4)15-20(17-28)26(32)29-27-31-30-25(6-2)36-27/h7-12,15-16,18H,5-6,13-14H2,1-4H3,(H,29,31,32). The molecule has 1 aromatic heterocycles. The van der Waals surface area contributed by atoms with Gasteiger partial charge in [0.05, 0.1) is 7.11 Å². The lowest BCUT2D eigenvalue weighted by Crippen LogP contribution is -2.13. The van der Waals surface area contributed by atoms with E-state index in [-0.39, 0.29) is 5.57 Å². The van der Waals surface area contributed by atoms with Crippen molar-refractivity contribution >= 4 is 28.5 Å². The number of hydrogen-bond donors (Lipinski definition) is 1. The molecular weight excluding hydrogens is 476 g/mol. The summed E-state index contributed by atoms with van der Waals surface area (Å²) in [5, 5.41) is 21.1.